The molecule has 0 aliphatic heterocycles. The SMILES string of the molecule is ClCc1coc(-c2ccc(Br)cc2Br)n1. The van der Waals surface area contributed by atoms with E-state index in [-0.39, 0.29) is 0 Å². The van der Waals surface area contributed by atoms with E-state index in [4.69, 9.17) is 16.0 Å². The Morgan fingerprint density at radius 1 is 1.33 bits per heavy atom. The van der Waals surface area contributed by atoms with Gasteiger partial charge < -0.3 is 4.42 Å². The number of rotatable bonds is 2. The minimum Gasteiger partial charge on any atom is -0.444 e. The third kappa shape index (κ3) is 2.44. The predicted molar refractivity (Wildman–Crippen MR) is 66.9 cm³/mol. The average molecular weight is 351 g/mol. The van der Waals surface area contributed by atoms with Crippen molar-refractivity contribution >= 4 is 43.5 Å². The molecule has 0 saturated heterocycles. The average Bonchev–Trinajstić information content (AvgIpc) is 2.66. The lowest BCUT2D eigenvalue weighted by Gasteiger charge is -1.99. The van der Waals surface area contributed by atoms with Crippen molar-refractivity contribution in [2.75, 3.05) is 0 Å². The number of oxazole rings is 1. The zero-order valence-corrected chi connectivity index (χ0v) is 11.4. The van der Waals surface area contributed by atoms with Crippen molar-refractivity contribution in [3.63, 3.8) is 0 Å². The molecule has 0 spiro atoms. The molecule has 78 valence electrons. The van der Waals surface area contributed by atoms with Gasteiger partial charge in [0, 0.05) is 8.95 Å². The van der Waals surface area contributed by atoms with Crippen LogP contribution < -0.4 is 0 Å². The van der Waals surface area contributed by atoms with Crippen molar-refractivity contribution in [3.05, 3.63) is 39.1 Å². The Morgan fingerprint density at radius 2 is 2.13 bits per heavy atom. The molecule has 0 saturated carbocycles. The van der Waals surface area contributed by atoms with Crippen molar-refractivity contribution in [2.24, 2.45) is 0 Å². The predicted octanol–water partition coefficient (Wildman–Crippen LogP) is 4.61. The number of alkyl halides is 1. The molecule has 2 nitrogen and oxygen atoms in total. The van der Waals surface area contributed by atoms with Gasteiger partial charge in [-0.1, -0.05) is 15.9 Å². The summed E-state index contributed by atoms with van der Waals surface area (Å²) in [7, 11) is 0. The highest BCUT2D eigenvalue weighted by Gasteiger charge is 2.09. The van der Waals surface area contributed by atoms with Gasteiger partial charge in [-0.25, -0.2) is 4.98 Å². The second kappa shape index (κ2) is 4.68. The third-order valence-corrected chi connectivity index (χ3v) is 3.27. The molecule has 0 N–H and O–H groups in total. The van der Waals surface area contributed by atoms with Crippen molar-refractivity contribution in [1.29, 1.82) is 0 Å². The minimum atomic E-state index is 0.359. The Balaban J connectivity index is 2.44. The van der Waals surface area contributed by atoms with Crippen LogP contribution in [0, 0.1) is 0 Å². The fourth-order valence-corrected chi connectivity index (χ4v) is 2.49. The molecule has 0 bridgehead atoms. The van der Waals surface area contributed by atoms with E-state index in [0.29, 0.717) is 11.8 Å². The van der Waals surface area contributed by atoms with Crippen molar-refractivity contribution in [1.82, 2.24) is 4.98 Å². The van der Waals surface area contributed by atoms with E-state index in [2.05, 4.69) is 36.8 Å². The molecule has 0 atom stereocenters. The molecule has 5 heteroatoms. The molecule has 1 heterocycles. The fraction of sp³-hybridized carbons (Fsp3) is 0.100. The molecule has 0 radical (unpaired) electrons. The zero-order valence-electron chi connectivity index (χ0n) is 7.51. The molecule has 1 aromatic heterocycles. The summed E-state index contributed by atoms with van der Waals surface area (Å²) in [5.41, 5.74) is 1.65. The van der Waals surface area contributed by atoms with Crippen LogP contribution in [0.4, 0.5) is 0 Å². The maximum atomic E-state index is 5.65. The highest BCUT2D eigenvalue weighted by atomic mass is 79.9. The first-order chi connectivity index (χ1) is 7.20. The fourth-order valence-electron chi connectivity index (χ4n) is 1.15. The Hall–Kier alpha value is -0.320. The van der Waals surface area contributed by atoms with E-state index in [1.54, 1.807) is 6.26 Å². The standard InChI is InChI=1S/C10H6Br2ClNO/c11-6-1-2-8(9(12)3-6)10-14-7(4-13)5-15-10/h1-3,5H,4H2. The van der Waals surface area contributed by atoms with Crippen LogP contribution in [0.25, 0.3) is 11.5 Å². The second-order valence-corrected chi connectivity index (χ2v) is 4.94. The Bertz CT molecular complexity index is 484. The molecular weight excluding hydrogens is 345 g/mol. The van der Waals surface area contributed by atoms with Gasteiger partial charge >= 0.3 is 0 Å². The van der Waals surface area contributed by atoms with Crippen LogP contribution in [0.1, 0.15) is 5.69 Å². The molecule has 0 unspecified atom stereocenters. The van der Waals surface area contributed by atoms with Crippen LogP contribution in [0.15, 0.2) is 37.8 Å². The van der Waals surface area contributed by atoms with Crippen LogP contribution in [0.5, 0.6) is 0 Å². The van der Waals surface area contributed by atoms with Crippen LogP contribution >= 0.6 is 43.5 Å². The minimum absolute atomic E-state index is 0.359. The summed E-state index contributed by atoms with van der Waals surface area (Å²) in [5, 5.41) is 0. The number of benzene rings is 1. The van der Waals surface area contributed by atoms with Gasteiger partial charge in [-0.2, -0.15) is 0 Å². The number of halogens is 3. The molecule has 2 rings (SSSR count). The first-order valence-corrected chi connectivity index (χ1v) is 6.28. The Kier molecular flexibility index (Phi) is 3.49. The van der Waals surface area contributed by atoms with E-state index < -0.39 is 0 Å². The maximum Gasteiger partial charge on any atom is 0.227 e. The molecule has 0 aliphatic carbocycles. The maximum absolute atomic E-state index is 5.65. The lowest BCUT2D eigenvalue weighted by molar-refractivity contribution is 0.573. The summed E-state index contributed by atoms with van der Waals surface area (Å²) < 4.78 is 7.25. The van der Waals surface area contributed by atoms with Crippen LogP contribution in [-0.2, 0) is 5.88 Å². The molecule has 15 heavy (non-hydrogen) atoms. The van der Waals surface area contributed by atoms with Gasteiger partial charge in [0.2, 0.25) is 5.89 Å². The van der Waals surface area contributed by atoms with Crippen LogP contribution in [0.3, 0.4) is 0 Å². The van der Waals surface area contributed by atoms with Gasteiger partial charge in [0.05, 0.1) is 17.1 Å². The molecule has 0 aliphatic rings. The van der Waals surface area contributed by atoms with Crippen molar-refractivity contribution in [3.8, 4) is 11.5 Å². The van der Waals surface area contributed by atoms with E-state index in [0.717, 1.165) is 20.2 Å². The van der Waals surface area contributed by atoms with Gasteiger partial charge in [-0.15, -0.1) is 11.6 Å². The summed E-state index contributed by atoms with van der Waals surface area (Å²) in [4.78, 5) is 4.25. The Morgan fingerprint density at radius 3 is 2.73 bits per heavy atom. The molecule has 2 aromatic rings. The summed E-state index contributed by atoms with van der Waals surface area (Å²) in [5.74, 6) is 0.933. The monoisotopic (exact) mass is 349 g/mol. The lowest BCUT2D eigenvalue weighted by Crippen LogP contribution is -1.81. The highest BCUT2D eigenvalue weighted by Crippen LogP contribution is 2.30. The van der Waals surface area contributed by atoms with Gasteiger partial charge in [-0.3, -0.25) is 0 Å². The highest BCUT2D eigenvalue weighted by molar-refractivity contribution is 9.11. The number of hydrogen-bond donors (Lipinski definition) is 0. The van der Waals surface area contributed by atoms with Gasteiger partial charge in [0.25, 0.3) is 0 Å². The second-order valence-electron chi connectivity index (χ2n) is 2.90. The van der Waals surface area contributed by atoms with E-state index in [9.17, 15) is 0 Å². The molecule has 0 fully saturated rings. The smallest absolute Gasteiger partial charge is 0.227 e. The van der Waals surface area contributed by atoms with Crippen LogP contribution in [0.2, 0.25) is 0 Å². The molecule has 1 aromatic carbocycles. The van der Waals surface area contributed by atoms with E-state index >= 15 is 0 Å². The van der Waals surface area contributed by atoms with Gasteiger partial charge in [-0.05, 0) is 34.1 Å². The largest absolute Gasteiger partial charge is 0.444 e. The number of aromatic nitrogens is 1. The molecular formula is C10H6Br2ClNO. The van der Waals surface area contributed by atoms with Crippen molar-refractivity contribution in [2.45, 2.75) is 5.88 Å². The third-order valence-electron chi connectivity index (χ3n) is 1.85. The van der Waals surface area contributed by atoms with E-state index in [1.807, 2.05) is 18.2 Å². The topological polar surface area (TPSA) is 26.0 Å². The summed E-state index contributed by atoms with van der Waals surface area (Å²) >= 11 is 12.5. The Labute approximate surface area is 109 Å². The summed E-state index contributed by atoms with van der Waals surface area (Å²) in [6.07, 6.45) is 1.57. The summed E-state index contributed by atoms with van der Waals surface area (Å²) in [6, 6.07) is 5.81. The first-order valence-electron chi connectivity index (χ1n) is 4.16. The normalized spacial score (nSPS) is 10.6. The van der Waals surface area contributed by atoms with E-state index in [1.165, 1.54) is 0 Å². The van der Waals surface area contributed by atoms with Gasteiger partial charge in [0.1, 0.15) is 6.26 Å². The number of nitrogens with zero attached hydrogens (tertiary/aromatic N) is 1. The zero-order chi connectivity index (χ0) is 10.8. The first kappa shape index (κ1) is 11.2. The number of hydrogen-bond acceptors (Lipinski definition) is 2. The summed E-state index contributed by atoms with van der Waals surface area (Å²) in [6.45, 7) is 0. The van der Waals surface area contributed by atoms with Crippen molar-refractivity contribution < 1.29 is 4.42 Å². The lowest BCUT2D eigenvalue weighted by atomic mass is 10.2. The van der Waals surface area contributed by atoms with Gasteiger partial charge in [0.15, 0.2) is 0 Å². The van der Waals surface area contributed by atoms with Crippen LogP contribution in [-0.4, -0.2) is 4.98 Å². The quantitative estimate of drug-likeness (QED) is 0.739. The molecule has 0 amide bonds.